The lowest BCUT2D eigenvalue weighted by atomic mass is 10.1. The fourth-order valence-electron chi connectivity index (χ4n) is 3.04. The first-order valence-electron chi connectivity index (χ1n) is 9.81. The Balaban J connectivity index is 1.64. The molecule has 1 aromatic heterocycles. The van der Waals surface area contributed by atoms with E-state index in [-0.39, 0.29) is 24.1 Å². The van der Waals surface area contributed by atoms with Crippen molar-refractivity contribution in [2.24, 2.45) is 0 Å². The Morgan fingerprint density at radius 3 is 2.63 bits per heavy atom. The molecule has 1 aliphatic carbocycles. The van der Waals surface area contributed by atoms with Crippen LogP contribution < -0.4 is 10.1 Å². The number of ether oxygens (including phenoxy) is 2. The van der Waals surface area contributed by atoms with Gasteiger partial charge in [-0.05, 0) is 44.0 Å². The van der Waals surface area contributed by atoms with Crippen LogP contribution >= 0.6 is 0 Å². The standard InChI is InChI=1S/C23H23N3O4/c1-15-6-10-18(11-7-15)26-13-20(23(28)30-14-21(27)24-17-8-9-17)22(25-26)16-4-3-5-19(12-16)29-2/h3-7,10-13,17H,8-9,14H2,1-2H3,(H,24,27). The molecule has 7 nitrogen and oxygen atoms in total. The van der Waals surface area contributed by atoms with E-state index in [9.17, 15) is 9.59 Å². The number of aromatic nitrogens is 2. The van der Waals surface area contributed by atoms with E-state index in [1.54, 1.807) is 24.1 Å². The summed E-state index contributed by atoms with van der Waals surface area (Å²) in [5.41, 5.74) is 3.40. The van der Waals surface area contributed by atoms with E-state index in [1.807, 2.05) is 49.4 Å². The van der Waals surface area contributed by atoms with E-state index < -0.39 is 5.97 Å². The van der Waals surface area contributed by atoms with E-state index in [0.29, 0.717) is 11.4 Å². The highest BCUT2D eigenvalue weighted by Gasteiger charge is 2.25. The van der Waals surface area contributed by atoms with Crippen LogP contribution in [0.1, 0.15) is 28.8 Å². The van der Waals surface area contributed by atoms with Gasteiger partial charge in [-0.15, -0.1) is 0 Å². The molecule has 1 fully saturated rings. The van der Waals surface area contributed by atoms with Gasteiger partial charge in [-0.3, -0.25) is 4.79 Å². The molecule has 1 amide bonds. The summed E-state index contributed by atoms with van der Waals surface area (Å²) in [6.45, 7) is 1.69. The van der Waals surface area contributed by atoms with Crippen molar-refractivity contribution in [3.63, 3.8) is 0 Å². The van der Waals surface area contributed by atoms with Crippen molar-refractivity contribution in [3.8, 4) is 22.7 Å². The predicted molar refractivity (Wildman–Crippen MR) is 112 cm³/mol. The van der Waals surface area contributed by atoms with Gasteiger partial charge >= 0.3 is 5.97 Å². The van der Waals surface area contributed by atoms with Crippen LogP contribution in [0, 0.1) is 6.92 Å². The molecule has 3 aromatic rings. The molecule has 0 spiro atoms. The largest absolute Gasteiger partial charge is 0.497 e. The Kier molecular flexibility index (Phi) is 5.52. The quantitative estimate of drug-likeness (QED) is 0.610. The molecule has 0 bridgehead atoms. The van der Waals surface area contributed by atoms with E-state index in [0.717, 1.165) is 29.7 Å². The topological polar surface area (TPSA) is 82.5 Å². The van der Waals surface area contributed by atoms with Gasteiger partial charge < -0.3 is 14.8 Å². The Morgan fingerprint density at radius 1 is 1.17 bits per heavy atom. The summed E-state index contributed by atoms with van der Waals surface area (Å²) in [7, 11) is 1.58. The van der Waals surface area contributed by atoms with Crippen molar-refractivity contribution in [2.45, 2.75) is 25.8 Å². The predicted octanol–water partition coefficient (Wildman–Crippen LogP) is 3.29. The van der Waals surface area contributed by atoms with Gasteiger partial charge in [-0.1, -0.05) is 29.8 Å². The number of nitrogens with one attached hydrogen (secondary N) is 1. The Morgan fingerprint density at radius 2 is 1.93 bits per heavy atom. The van der Waals surface area contributed by atoms with Gasteiger partial charge in [0.05, 0.1) is 12.8 Å². The number of amides is 1. The first-order chi connectivity index (χ1) is 14.5. The molecule has 0 atom stereocenters. The zero-order valence-corrected chi connectivity index (χ0v) is 16.9. The molecule has 0 saturated heterocycles. The Labute approximate surface area is 174 Å². The minimum Gasteiger partial charge on any atom is -0.497 e. The number of methoxy groups -OCH3 is 1. The molecule has 7 heteroatoms. The van der Waals surface area contributed by atoms with Gasteiger partial charge in [0.2, 0.25) is 0 Å². The summed E-state index contributed by atoms with van der Waals surface area (Å²) < 4.78 is 12.2. The molecule has 2 aromatic carbocycles. The molecule has 4 rings (SSSR count). The molecule has 1 aliphatic rings. The molecular weight excluding hydrogens is 382 g/mol. The van der Waals surface area contributed by atoms with Gasteiger partial charge in [0.25, 0.3) is 5.91 Å². The van der Waals surface area contributed by atoms with Crippen LogP contribution in [0.4, 0.5) is 0 Å². The lowest BCUT2D eigenvalue weighted by Gasteiger charge is -2.06. The molecule has 0 radical (unpaired) electrons. The van der Waals surface area contributed by atoms with Crippen LogP contribution in [0.25, 0.3) is 16.9 Å². The second-order valence-corrected chi connectivity index (χ2v) is 7.32. The summed E-state index contributed by atoms with van der Waals surface area (Å²) >= 11 is 0. The second-order valence-electron chi connectivity index (χ2n) is 7.32. The fraction of sp³-hybridized carbons (Fsp3) is 0.261. The number of esters is 1. The monoisotopic (exact) mass is 405 g/mol. The summed E-state index contributed by atoms with van der Waals surface area (Å²) in [6.07, 6.45) is 3.58. The highest BCUT2D eigenvalue weighted by atomic mass is 16.5. The minimum atomic E-state index is -0.600. The highest BCUT2D eigenvalue weighted by Crippen LogP contribution is 2.27. The zero-order valence-electron chi connectivity index (χ0n) is 16.9. The van der Waals surface area contributed by atoms with Crippen LogP contribution in [-0.4, -0.2) is 41.4 Å². The second kappa shape index (κ2) is 8.41. The number of carbonyl (C=O) groups excluding carboxylic acids is 2. The SMILES string of the molecule is COc1cccc(-c2nn(-c3ccc(C)cc3)cc2C(=O)OCC(=O)NC2CC2)c1. The third-order valence-electron chi connectivity index (χ3n) is 4.85. The third-order valence-corrected chi connectivity index (χ3v) is 4.85. The molecule has 0 aliphatic heterocycles. The third kappa shape index (κ3) is 4.51. The molecular formula is C23H23N3O4. The maximum absolute atomic E-state index is 12.8. The minimum absolute atomic E-state index is 0.216. The highest BCUT2D eigenvalue weighted by molar-refractivity contribution is 5.97. The maximum Gasteiger partial charge on any atom is 0.342 e. The fourth-order valence-corrected chi connectivity index (χ4v) is 3.04. The van der Waals surface area contributed by atoms with E-state index >= 15 is 0 Å². The van der Waals surface area contributed by atoms with Crippen molar-refractivity contribution in [2.75, 3.05) is 13.7 Å². The molecule has 1 saturated carbocycles. The maximum atomic E-state index is 12.8. The van der Waals surface area contributed by atoms with Gasteiger partial charge in [0.15, 0.2) is 6.61 Å². The van der Waals surface area contributed by atoms with Gasteiger partial charge in [0, 0.05) is 17.8 Å². The molecule has 30 heavy (non-hydrogen) atoms. The van der Waals surface area contributed by atoms with E-state index in [4.69, 9.17) is 9.47 Å². The summed E-state index contributed by atoms with van der Waals surface area (Å²) in [5, 5.41) is 7.43. The van der Waals surface area contributed by atoms with Crippen LogP contribution in [0.3, 0.4) is 0 Å². The van der Waals surface area contributed by atoms with Crippen molar-refractivity contribution >= 4 is 11.9 Å². The van der Waals surface area contributed by atoms with Gasteiger partial charge in [0.1, 0.15) is 17.0 Å². The zero-order chi connectivity index (χ0) is 21.1. The lowest BCUT2D eigenvalue weighted by molar-refractivity contribution is -0.124. The van der Waals surface area contributed by atoms with Crippen LogP contribution in [0.2, 0.25) is 0 Å². The summed E-state index contributed by atoms with van der Waals surface area (Å²) in [5.74, 6) is -0.239. The first kappa shape index (κ1) is 19.7. The number of aryl methyl sites for hydroxylation is 1. The first-order valence-corrected chi connectivity index (χ1v) is 9.81. The number of hydrogen-bond donors (Lipinski definition) is 1. The number of rotatable bonds is 7. The lowest BCUT2D eigenvalue weighted by Crippen LogP contribution is -2.30. The number of nitrogens with zero attached hydrogens (tertiary/aromatic N) is 2. The van der Waals surface area contributed by atoms with E-state index in [1.165, 1.54) is 0 Å². The molecule has 1 N–H and O–H groups in total. The number of benzene rings is 2. The Hall–Kier alpha value is -3.61. The van der Waals surface area contributed by atoms with Crippen molar-refractivity contribution in [1.29, 1.82) is 0 Å². The average molecular weight is 405 g/mol. The number of hydrogen-bond acceptors (Lipinski definition) is 5. The Bertz CT molecular complexity index is 1070. The normalized spacial score (nSPS) is 13.0. The number of carbonyl (C=O) groups is 2. The van der Waals surface area contributed by atoms with Crippen molar-refractivity contribution in [3.05, 3.63) is 65.9 Å². The van der Waals surface area contributed by atoms with Gasteiger partial charge in [-0.25, -0.2) is 9.48 Å². The van der Waals surface area contributed by atoms with Crippen molar-refractivity contribution < 1.29 is 19.1 Å². The van der Waals surface area contributed by atoms with Crippen LogP contribution in [0.5, 0.6) is 5.75 Å². The molecule has 1 heterocycles. The molecule has 154 valence electrons. The summed E-state index contributed by atoms with van der Waals surface area (Å²) in [4.78, 5) is 24.7. The summed E-state index contributed by atoms with van der Waals surface area (Å²) in [6, 6.07) is 15.3. The smallest absolute Gasteiger partial charge is 0.342 e. The molecule has 0 unspecified atom stereocenters. The van der Waals surface area contributed by atoms with Crippen LogP contribution in [-0.2, 0) is 9.53 Å². The van der Waals surface area contributed by atoms with Crippen molar-refractivity contribution in [1.82, 2.24) is 15.1 Å². The average Bonchev–Trinajstić information content (AvgIpc) is 3.46. The van der Waals surface area contributed by atoms with Gasteiger partial charge in [-0.2, -0.15) is 5.10 Å². The van der Waals surface area contributed by atoms with Crippen LogP contribution in [0.15, 0.2) is 54.7 Å². The van der Waals surface area contributed by atoms with E-state index in [2.05, 4.69) is 10.4 Å².